The standard InChI is InChI=1S/C40H43N5O5S.CH2O/c1-44(2)24-7-27-49-34-16-12-31(13-17-34)38(40(47)45-25-22-41-23-26-45)42-39(46)37-21-20-36(50-37)32-10-6-11-33(28-32)43-51(48)35-18-14-30(15-19-35)29-8-4-3-5-9-29;1-2/h3-6,8-21,28,38,41,43H,7,22-27H2,1-2H3,(H,42,46);1H2. The summed E-state index contributed by atoms with van der Waals surface area (Å²) in [6.07, 6.45) is 0.893. The van der Waals surface area contributed by atoms with Crippen LogP contribution in [0.25, 0.3) is 22.5 Å². The Morgan fingerprint density at radius 2 is 1.55 bits per heavy atom. The van der Waals surface area contributed by atoms with E-state index in [1.807, 2.05) is 124 Å². The minimum Gasteiger partial charge on any atom is -0.494 e. The van der Waals surface area contributed by atoms with Gasteiger partial charge in [-0.15, -0.1) is 0 Å². The van der Waals surface area contributed by atoms with Crippen LogP contribution in [0.1, 0.15) is 28.6 Å². The lowest BCUT2D eigenvalue weighted by molar-refractivity contribution is -0.134. The van der Waals surface area contributed by atoms with Gasteiger partial charge in [-0.25, -0.2) is 4.21 Å². The van der Waals surface area contributed by atoms with Crippen LogP contribution >= 0.6 is 0 Å². The number of hydrogen-bond donors (Lipinski definition) is 3. The number of benzene rings is 4. The monoisotopic (exact) mass is 735 g/mol. The number of carbonyl (C=O) groups excluding carboxylic acids is 3. The molecule has 1 saturated heterocycles. The van der Waals surface area contributed by atoms with Gasteiger partial charge in [-0.2, -0.15) is 0 Å². The highest BCUT2D eigenvalue weighted by Gasteiger charge is 2.29. The highest BCUT2D eigenvalue weighted by atomic mass is 32.2. The lowest BCUT2D eigenvalue weighted by Gasteiger charge is -2.31. The Balaban J connectivity index is 0.00000266. The van der Waals surface area contributed by atoms with Crippen LogP contribution in [0, 0.1) is 0 Å². The van der Waals surface area contributed by atoms with Crippen molar-refractivity contribution in [3.05, 3.63) is 127 Å². The van der Waals surface area contributed by atoms with Crippen LogP contribution in [0.4, 0.5) is 5.69 Å². The van der Waals surface area contributed by atoms with E-state index in [4.69, 9.17) is 13.9 Å². The van der Waals surface area contributed by atoms with Crippen molar-refractivity contribution in [2.24, 2.45) is 0 Å². The summed E-state index contributed by atoms with van der Waals surface area (Å²) in [5.41, 5.74) is 4.12. The van der Waals surface area contributed by atoms with Gasteiger partial charge in [0.05, 0.1) is 11.5 Å². The number of carbonyl (C=O) groups is 3. The zero-order valence-electron chi connectivity index (χ0n) is 30.0. The summed E-state index contributed by atoms with van der Waals surface area (Å²) >= 11 is 0. The molecule has 3 N–H and O–H groups in total. The molecular formula is C41H45N5O6S. The Morgan fingerprint density at radius 1 is 0.868 bits per heavy atom. The summed E-state index contributed by atoms with van der Waals surface area (Å²) in [6.45, 7) is 5.99. The fourth-order valence-corrected chi connectivity index (χ4v) is 6.65. The Bertz CT molecular complexity index is 1940. The van der Waals surface area contributed by atoms with Gasteiger partial charge in [0.2, 0.25) is 5.91 Å². The highest BCUT2D eigenvalue weighted by Crippen LogP contribution is 2.28. The van der Waals surface area contributed by atoms with E-state index in [0.717, 1.165) is 24.1 Å². The molecule has 2 unspecified atom stereocenters. The number of hydrogen-bond acceptors (Lipinski definition) is 8. The second kappa shape index (κ2) is 19.3. The number of anilines is 1. The molecule has 53 heavy (non-hydrogen) atoms. The molecule has 12 heteroatoms. The first-order valence-electron chi connectivity index (χ1n) is 17.3. The molecule has 4 aromatic carbocycles. The van der Waals surface area contributed by atoms with E-state index >= 15 is 0 Å². The summed E-state index contributed by atoms with van der Waals surface area (Å²) in [5, 5.41) is 6.19. The van der Waals surface area contributed by atoms with Gasteiger partial charge >= 0.3 is 0 Å². The number of nitrogens with zero attached hydrogens (tertiary/aromatic N) is 2. The van der Waals surface area contributed by atoms with Gasteiger partial charge in [0.15, 0.2) is 5.76 Å². The molecule has 1 aliphatic heterocycles. The number of amides is 2. The third kappa shape index (κ3) is 10.7. The summed E-state index contributed by atoms with van der Waals surface area (Å²) in [7, 11) is 2.55. The van der Waals surface area contributed by atoms with Crippen molar-refractivity contribution in [2.75, 3.05) is 58.1 Å². The van der Waals surface area contributed by atoms with Crippen molar-refractivity contribution < 1.29 is 27.7 Å². The molecule has 2 heterocycles. The molecule has 1 fully saturated rings. The first-order valence-corrected chi connectivity index (χ1v) is 18.5. The Labute approximate surface area is 312 Å². The normalized spacial score (nSPS) is 13.7. The second-order valence-corrected chi connectivity index (χ2v) is 13.8. The number of piperazine rings is 1. The molecule has 6 rings (SSSR count). The van der Waals surface area contributed by atoms with Gasteiger partial charge in [-0.3, -0.25) is 9.59 Å². The molecule has 0 saturated carbocycles. The van der Waals surface area contributed by atoms with Crippen molar-refractivity contribution in [1.29, 1.82) is 0 Å². The summed E-state index contributed by atoms with van der Waals surface area (Å²) in [4.78, 5) is 39.8. The van der Waals surface area contributed by atoms with Gasteiger partial charge in [-0.05, 0) is 85.7 Å². The zero-order chi connectivity index (χ0) is 37.6. The van der Waals surface area contributed by atoms with Crippen LogP contribution in [0.5, 0.6) is 5.75 Å². The molecule has 0 bridgehead atoms. The average Bonchev–Trinajstić information content (AvgIpc) is 3.71. The van der Waals surface area contributed by atoms with Crippen LogP contribution in [-0.4, -0.2) is 86.0 Å². The number of rotatable bonds is 14. The SMILES string of the molecule is C=O.CN(C)CCCOc1ccc(C(NC(=O)c2ccc(-c3cccc(NS(=O)c4ccc(-c5ccccc5)cc4)c3)o2)C(=O)N2CCNCC2)cc1. The van der Waals surface area contributed by atoms with E-state index in [1.54, 1.807) is 17.0 Å². The molecule has 1 aromatic heterocycles. The topological polar surface area (TPSA) is 133 Å². The van der Waals surface area contributed by atoms with Crippen LogP contribution < -0.4 is 20.1 Å². The fourth-order valence-electron chi connectivity index (χ4n) is 5.80. The third-order valence-electron chi connectivity index (χ3n) is 8.55. The third-order valence-corrected chi connectivity index (χ3v) is 9.67. The molecular weight excluding hydrogens is 691 g/mol. The van der Waals surface area contributed by atoms with Crippen LogP contribution in [-0.2, 0) is 20.6 Å². The van der Waals surface area contributed by atoms with Crippen molar-refractivity contribution in [2.45, 2.75) is 17.4 Å². The quantitative estimate of drug-likeness (QED) is 0.122. The first kappa shape index (κ1) is 38.7. The number of ether oxygens (including phenoxy) is 1. The molecule has 2 amide bonds. The van der Waals surface area contributed by atoms with Crippen molar-refractivity contribution >= 4 is 35.3 Å². The smallest absolute Gasteiger partial charge is 0.287 e. The largest absolute Gasteiger partial charge is 0.494 e. The van der Waals surface area contributed by atoms with Gasteiger partial charge in [0.1, 0.15) is 35.3 Å². The summed E-state index contributed by atoms with van der Waals surface area (Å²) in [5.74, 6) is 0.548. The van der Waals surface area contributed by atoms with E-state index in [0.29, 0.717) is 66.0 Å². The summed E-state index contributed by atoms with van der Waals surface area (Å²) < 4.78 is 28.1. The molecule has 0 spiro atoms. The minimum absolute atomic E-state index is 0.0735. The molecule has 276 valence electrons. The van der Waals surface area contributed by atoms with Crippen LogP contribution in [0.15, 0.2) is 125 Å². The fraction of sp³-hybridized carbons (Fsp3) is 0.244. The predicted molar refractivity (Wildman–Crippen MR) is 208 cm³/mol. The van der Waals surface area contributed by atoms with Crippen molar-refractivity contribution in [3.63, 3.8) is 0 Å². The Kier molecular flexibility index (Phi) is 14.1. The first-order chi connectivity index (χ1) is 25.8. The summed E-state index contributed by atoms with van der Waals surface area (Å²) in [6, 6.07) is 34.6. The van der Waals surface area contributed by atoms with E-state index in [-0.39, 0.29) is 11.7 Å². The highest BCUT2D eigenvalue weighted by molar-refractivity contribution is 7.86. The Morgan fingerprint density at radius 3 is 2.25 bits per heavy atom. The minimum atomic E-state index is -1.50. The van der Waals surface area contributed by atoms with Gasteiger partial charge in [-0.1, -0.05) is 66.7 Å². The molecule has 5 aromatic rings. The molecule has 2 atom stereocenters. The van der Waals surface area contributed by atoms with Crippen molar-refractivity contribution in [3.8, 4) is 28.2 Å². The van der Waals surface area contributed by atoms with E-state index in [9.17, 15) is 13.8 Å². The lowest BCUT2D eigenvalue weighted by atomic mass is 10.0. The number of nitrogens with one attached hydrogen (secondary N) is 3. The van der Waals surface area contributed by atoms with Crippen molar-refractivity contribution in [1.82, 2.24) is 20.4 Å². The van der Waals surface area contributed by atoms with Gasteiger partial charge in [0, 0.05) is 44.0 Å². The lowest BCUT2D eigenvalue weighted by Crippen LogP contribution is -2.50. The molecule has 1 aliphatic rings. The maximum atomic E-state index is 13.7. The predicted octanol–water partition coefficient (Wildman–Crippen LogP) is 5.80. The maximum Gasteiger partial charge on any atom is 0.287 e. The molecule has 0 radical (unpaired) electrons. The molecule has 11 nitrogen and oxygen atoms in total. The van der Waals surface area contributed by atoms with Gasteiger partial charge in [0.25, 0.3) is 5.91 Å². The van der Waals surface area contributed by atoms with E-state index < -0.39 is 22.9 Å². The Hall–Kier alpha value is -5.56. The average molecular weight is 736 g/mol. The van der Waals surface area contributed by atoms with Crippen LogP contribution in [0.2, 0.25) is 0 Å². The van der Waals surface area contributed by atoms with Crippen LogP contribution in [0.3, 0.4) is 0 Å². The van der Waals surface area contributed by atoms with E-state index in [1.165, 1.54) is 0 Å². The zero-order valence-corrected chi connectivity index (χ0v) is 30.8. The second-order valence-electron chi connectivity index (χ2n) is 12.6. The maximum absolute atomic E-state index is 13.7. The van der Waals surface area contributed by atoms with E-state index in [2.05, 4.69) is 20.3 Å². The van der Waals surface area contributed by atoms with Gasteiger partial charge < -0.3 is 39.1 Å². The number of furan rings is 1. The molecule has 0 aliphatic carbocycles.